The average Bonchev–Trinajstić information content (AvgIpc) is 3.43. The third kappa shape index (κ3) is 4.84. The molecule has 0 atom stereocenters. The highest BCUT2D eigenvalue weighted by atomic mass is 16.2. The minimum Gasteiger partial charge on any atom is -0.337 e. The van der Waals surface area contributed by atoms with Gasteiger partial charge in [-0.2, -0.15) is 5.10 Å². The third-order valence-corrected chi connectivity index (χ3v) is 4.78. The summed E-state index contributed by atoms with van der Waals surface area (Å²) in [6.45, 7) is 2.41. The van der Waals surface area contributed by atoms with Crippen LogP contribution in [0.25, 0.3) is 11.3 Å². The fourth-order valence-electron chi connectivity index (χ4n) is 3.11. The van der Waals surface area contributed by atoms with Crippen LogP contribution in [0.15, 0.2) is 67.5 Å². The first kappa shape index (κ1) is 20.0. The normalized spacial score (nSPS) is 10.6. The van der Waals surface area contributed by atoms with Crippen molar-refractivity contribution in [1.29, 1.82) is 0 Å². The fraction of sp³-hybridized carbons (Fsp3) is 0.136. The molecule has 0 radical (unpaired) electrons. The Morgan fingerprint density at radius 3 is 2.68 bits per heavy atom. The maximum Gasteiger partial charge on any atom is 0.256 e. The van der Waals surface area contributed by atoms with Crippen LogP contribution in [0.2, 0.25) is 0 Å². The molecule has 0 saturated heterocycles. The second-order valence-electron chi connectivity index (χ2n) is 6.94. The average molecular weight is 415 g/mol. The van der Waals surface area contributed by atoms with E-state index in [1.807, 2.05) is 23.6 Å². The summed E-state index contributed by atoms with van der Waals surface area (Å²) in [5, 5.41) is 12.8. The first-order chi connectivity index (χ1) is 15.1. The molecule has 0 unspecified atom stereocenters. The van der Waals surface area contributed by atoms with Gasteiger partial charge in [-0.3, -0.25) is 19.7 Å². The number of aryl methyl sites for hydroxylation is 1. The highest BCUT2D eigenvalue weighted by Crippen LogP contribution is 2.25. The molecule has 3 aromatic heterocycles. The second kappa shape index (κ2) is 9.04. The Morgan fingerprint density at radius 1 is 1.06 bits per heavy atom. The molecule has 1 aromatic carbocycles. The quantitative estimate of drug-likeness (QED) is 0.428. The highest BCUT2D eigenvalue weighted by molar-refractivity contribution is 6.05. The smallest absolute Gasteiger partial charge is 0.256 e. The zero-order valence-electron chi connectivity index (χ0n) is 16.9. The lowest BCUT2D eigenvalue weighted by atomic mass is 10.1. The molecule has 0 fully saturated rings. The van der Waals surface area contributed by atoms with E-state index < -0.39 is 0 Å². The van der Waals surface area contributed by atoms with E-state index in [-0.39, 0.29) is 11.8 Å². The SMILES string of the molecule is Cc1c(NC(=O)c2cccc(NC(=O)CCn3ccnc3)c2)n[nH]c1-c1ccncc1. The number of nitrogens with zero attached hydrogens (tertiary/aromatic N) is 4. The van der Waals surface area contributed by atoms with Crippen molar-refractivity contribution < 1.29 is 9.59 Å². The van der Waals surface area contributed by atoms with Crippen LogP contribution in [-0.4, -0.2) is 36.5 Å². The first-order valence-corrected chi connectivity index (χ1v) is 9.72. The fourth-order valence-corrected chi connectivity index (χ4v) is 3.11. The van der Waals surface area contributed by atoms with Gasteiger partial charge in [0.25, 0.3) is 5.91 Å². The molecule has 2 amide bonds. The van der Waals surface area contributed by atoms with Crippen molar-refractivity contribution in [2.75, 3.05) is 10.6 Å². The van der Waals surface area contributed by atoms with Crippen molar-refractivity contribution in [2.45, 2.75) is 19.9 Å². The Labute approximate surface area is 178 Å². The molecule has 0 saturated carbocycles. The Balaban J connectivity index is 1.40. The Morgan fingerprint density at radius 2 is 1.90 bits per heavy atom. The zero-order valence-corrected chi connectivity index (χ0v) is 16.9. The van der Waals surface area contributed by atoms with Gasteiger partial charge in [0.05, 0.1) is 12.0 Å². The van der Waals surface area contributed by atoms with Crippen LogP contribution in [0.4, 0.5) is 11.5 Å². The van der Waals surface area contributed by atoms with Gasteiger partial charge in [0.15, 0.2) is 5.82 Å². The number of nitrogens with one attached hydrogen (secondary N) is 3. The molecule has 0 spiro atoms. The highest BCUT2D eigenvalue weighted by Gasteiger charge is 2.15. The third-order valence-electron chi connectivity index (χ3n) is 4.78. The van der Waals surface area contributed by atoms with E-state index in [0.29, 0.717) is 30.0 Å². The van der Waals surface area contributed by atoms with Crippen LogP contribution >= 0.6 is 0 Å². The molecular weight excluding hydrogens is 394 g/mol. The van der Waals surface area contributed by atoms with E-state index in [9.17, 15) is 9.59 Å². The van der Waals surface area contributed by atoms with E-state index >= 15 is 0 Å². The lowest BCUT2D eigenvalue weighted by molar-refractivity contribution is -0.116. The van der Waals surface area contributed by atoms with E-state index in [4.69, 9.17) is 0 Å². The van der Waals surface area contributed by atoms with Gasteiger partial charge < -0.3 is 15.2 Å². The monoisotopic (exact) mass is 415 g/mol. The molecule has 156 valence electrons. The summed E-state index contributed by atoms with van der Waals surface area (Å²) in [7, 11) is 0. The summed E-state index contributed by atoms with van der Waals surface area (Å²) in [4.78, 5) is 32.9. The molecule has 0 bridgehead atoms. The zero-order chi connectivity index (χ0) is 21.6. The molecule has 3 heterocycles. The standard InChI is InChI=1S/C22H21N7O2/c1-15-20(16-5-8-23-9-6-16)27-28-21(15)26-22(31)17-3-2-4-18(13-17)25-19(30)7-11-29-12-10-24-14-29/h2-6,8-10,12-14H,7,11H2,1H3,(H,25,30)(H2,26,27,28,31). The number of hydrogen-bond donors (Lipinski definition) is 3. The summed E-state index contributed by atoms with van der Waals surface area (Å²) in [6.07, 6.45) is 8.83. The summed E-state index contributed by atoms with van der Waals surface area (Å²) < 4.78 is 1.83. The van der Waals surface area contributed by atoms with E-state index in [1.165, 1.54) is 0 Å². The van der Waals surface area contributed by atoms with Crippen molar-refractivity contribution in [1.82, 2.24) is 24.7 Å². The van der Waals surface area contributed by atoms with Crippen LogP contribution in [0.1, 0.15) is 22.3 Å². The topological polar surface area (TPSA) is 118 Å². The van der Waals surface area contributed by atoms with Crippen LogP contribution < -0.4 is 10.6 Å². The van der Waals surface area contributed by atoms with Crippen LogP contribution in [0.3, 0.4) is 0 Å². The van der Waals surface area contributed by atoms with Crippen molar-refractivity contribution in [3.63, 3.8) is 0 Å². The van der Waals surface area contributed by atoms with Crippen molar-refractivity contribution in [3.8, 4) is 11.3 Å². The van der Waals surface area contributed by atoms with Gasteiger partial charge in [-0.25, -0.2) is 4.98 Å². The number of carbonyl (C=O) groups excluding carboxylic acids is 2. The maximum absolute atomic E-state index is 12.7. The number of amides is 2. The summed E-state index contributed by atoms with van der Waals surface area (Å²) >= 11 is 0. The van der Waals surface area contributed by atoms with Crippen molar-refractivity contribution in [2.24, 2.45) is 0 Å². The van der Waals surface area contributed by atoms with Crippen molar-refractivity contribution >= 4 is 23.3 Å². The number of carbonyl (C=O) groups is 2. The molecule has 4 rings (SSSR count). The van der Waals surface area contributed by atoms with Crippen LogP contribution in [0.5, 0.6) is 0 Å². The number of imidazole rings is 1. The van der Waals surface area contributed by atoms with Gasteiger partial charge in [-0.05, 0) is 37.3 Å². The molecule has 4 aromatic rings. The van der Waals surface area contributed by atoms with Gasteiger partial charge >= 0.3 is 0 Å². The number of anilines is 2. The molecular formula is C22H21N7O2. The van der Waals surface area contributed by atoms with Crippen LogP contribution in [-0.2, 0) is 11.3 Å². The predicted octanol–water partition coefficient (Wildman–Crippen LogP) is 3.26. The molecule has 0 aliphatic rings. The molecule has 9 nitrogen and oxygen atoms in total. The minimum absolute atomic E-state index is 0.142. The van der Waals surface area contributed by atoms with Crippen LogP contribution in [0, 0.1) is 6.92 Å². The summed E-state index contributed by atoms with van der Waals surface area (Å²) in [5.74, 6) is -0.00614. The van der Waals surface area contributed by atoms with Gasteiger partial charge in [0.2, 0.25) is 5.91 Å². The lowest BCUT2D eigenvalue weighted by Crippen LogP contribution is -2.16. The molecule has 3 N–H and O–H groups in total. The largest absolute Gasteiger partial charge is 0.337 e. The molecule has 31 heavy (non-hydrogen) atoms. The molecule has 0 aliphatic carbocycles. The lowest BCUT2D eigenvalue weighted by Gasteiger charge is -2.08. The van der Waals surface area contributed by atoms with E-state index in [1.54, 1.807) is 55.4 Å². The van der Waals surface area contributed by atoms with Gasteiger partial charge in [-0.1, -0.05) is 6.07 Å². The maximum atomic E-state index is 12.7. The molecule has 0 aliphatic heterocycles. The Hall–Kier alpha value is -4.27. The van der Waals surface area contributed by atoms with E-state index in [2.05, 4.69) is 30.8 Å². The number of aromatic amines is 1. The first-order valence-electron chi connectivity index (χ1n) is 9.72. The second-order valence-corrected chi connectivity index (χ2v) is 6.94. The van der Waals surface area contributed by atoms with Gasteiger partial charge in [0.1, 0.15) is 0 Å². The van der Waals surface area contributed by atoms with E-state index in [0.717, 1.165) is 16.8 Å². The van der Waals surface area contributed by atoms with Crippen molar-refractivity contribution in [3.05, 3.63) is 78.6 Å². The number of aromatic nitrogens is 5. The summed E-state index contributed by atoms with van der Waals surface area (Å²) in [6, 6.07) is 10.5. The number of hydrogen-bond acceptors (Lipinski definition) is 5. The Kier molecular flexibility index (Phi) is 5.84. The number of benzene rings is 1. The number of pyridine rings is 1. The number of rotatable bonds is 7. The number of H-pyrrole nitrogens is 1. The minimum atomic E-state index is -0.314. The Bertz CT molecular complexity index is 1180. The summed E-state index contributed by atoms with van der Waals surface area (Å²) in [5.41, 5.74) is 3.54. The molecule has 9 heteroatoms. The van der Waals surface area contributed by atoms with Gasteiger partial charge in [-0.15, -0.1) is 0 Å². The predicted molar refractivity (Wildman–Crippen MR) is 116 cm³/mol. The van der Waals surface area contributed by atoms with Gasteiger partial charge in [0, 0.05) is 60.1 Å².